The van der Waals surface area contributed by atoms with Crippen molar-refractivity contribution in [2.24, 2.45) is 0 Å². The highest BCUT2D eigenvalue weighted by molar-refractivity contribution is 5.88. The molecule has 0 aromatic heterocycles. The van der Waals surface area contributed by atoms with Gasteiger partial charge >= 0.3 is 0 Å². The number of ketones is 1. The second-order valence-corrected chi connectivity index (χ2v) is 3.40. The highest BCUT2D eigenvalue weighted by Gasteiger charge is 2.17. The van der Waals surface area contributed by atoms with Gasteiger partial charge in [0.2, 0.25) is 11.8 Å². The Balaban J connectivity index is 4.11. The van der Waals surface area contributed by atoms with Crippen LogP contribution in [0.4, 0.5) is 0 Å². The van der Waals surface area contributed by atoms with E-state index in [1.807, 2.05) is 0 Å². The molecule has 1 atom stereocenters. The maximum Gasteiger partial charge on any atom is 0.246 e. The molecule has 1 unspecified atom stereocenters. The number of Topliss-reactive ketones (excluding diaryl/α,β-unsaturated/α-hetero) is 1. The summed E-state index contributed by atoms with van der Waals surface area (Å²) in [5.74, 6) is -0.999. The Bertz CT molecular complexity index is 280. The standard InChI is InChI=1S/C10H18N2O5/c1-7(13)8(12-10(15)6-17-3)4-11-9(14)5-16-2/h8H,4-6H2,1-3H3,(H,11,14)(H,12,15). The second kappa shape index (κ2) is 8.66. The number of ether oxygens (including phenoxy) is 2. The average Bonchev–Trinajstić information content (AvgIpc) is 2.24. The lowest BCUT2D eigenvalue weighted by Gasteiger charge is -2.16. The molecule has 0 rings (SSSR count). The van der Waals surface area contributed by atoms with E-state index in [2.05, 4.69) is 20.1 Å². The minimum absolute atomic E-state index is 0.0347. The van der Waals surface area contributed by atoms with Gasteiger partial charge in [0, 0.05) is 20.8 Å². The Morgan fingerprint density at radius 1 is 1.06 bits per heavy atom. The molecular weight excluding hydrogens is 228 g/mol. The van der Waals surface area contributed by atoms with Crippen LogP contribution in [-0.4, -0.2) is 57.6 Å². The van der Waals surface area contributed by atoms with Crippen molar-refractivity contribution in [3.63, 3.8) is 0 Å². The Morgan fingerprint density at radius 3 is 2.06 bits per heavy atom. The highest BCUT2D eigenvalue weighted by atomic mass is 16.5. The van der Waals surface area contributed by atoms with E-state index < -0.39 is 11.9 Å². The molecule has 0 aromatic rings. The molecule has 0 aliphatic carbocycles. The molecule has 0 radical (unpaired) electrons. The van der Waals surface area contributed by atoms with Crippen LogP contribution in [0.25, 0.3) is 0 Å². The largest absolute Gasteiger partial charge is 0.375 e. The van der Waals surface area contributed by atoms with Crippen molar-refractivity contribution in [3.05, 3.63) is 0 Å². The summed E-state index contributed by atoms with van der Waals surface area (Å²) < 4.78 is 9.23. The lowest BCUT2D eigenvalue weighted by molar-refractivity contribution is -0.130. The second-order valence-electron chi connectivity index (χ2n) is 3.40. The minimum atomic E-state index is -0.751. The Morgan fingerprint density at radius 2 is 1.59 bits per heavy atom. The van der Waals surface area contributed by atoms with Crippen molar-refractivity contribution >= 4 is 17.6 Å². The highest BCUT2D eigenvalue weighted by Crippen LogP contribution is 1.86. The van der Waals surface area contributed by atoms with E-state index in [1.165, 1.54) is 21.1 Å². The Kier molecular flexibility index (Phi) is 7.91. The third kappa shape index (κ3) is 7.42. The molecule has 0 heterocycles. The third-order valence-corrected chi connectivity index (χ3v) is 1.88. The van der Waals surface area contributed by atoms with E-state index in [9.17, 15) is 14.4 Å². The molecule has 0 bridgehead atoms. The molecule has 7 heteroatoms. The predicted molar refractivity (Wildman–Crippen MR) is 59.4 cm³/mol. The number of hydrogen-bond acceptors (Lipinski definition) is 5. The SMILES string of the molecule is COCC(=O)NCC(NC(=O)COC)C(C)=O. The summed E-state index contributed by atoms with van der Waals surface area (Å²) in [6.07, 6.45) is 0. The van der Waals surface area contributed by atoms with Crippen LogP contribution < -0.4 is 10.6 Å². The van der Waals surface area contributed by atoms with E-state index in [4.69, 9.17) is 0 Å². The fourth-order valence-corrected chi connectivity index (χ4v) is 1.06. The number of rotatable bonds is 8. The topological polar surface area (TPSA) is 93.7 Å². The maximum absolute atomic E-state index is 11.2. The van der Waals surface area contributed by atoms with E-state index in [0.717, 1.165) is 0 Å². The van der Waals surface area contributed by atoms with Crippen molar-refractivity contribution in [1.82, 2.24) is 10.6 Å². The van der Waals surface area contributed by atoms with Crippen molar-refractivity contribution in [2.75, 3.05) is 34.0 Å². The molecule has 98 valence electrons. The van der Waals surface area contributed by atoms with Gasteiger partial charge in [0.1, 0.15) is 19.3 Å². The molecular formula is C10H18N2O5. The number of methoxy groups -OCH3 is 2. The van der Waals surface area contributed by atoms with Crippen LogP contribution in [0, 0.1) is 0 Å². The lowest BCUT2D eigenvalue weighted by atomic mass is 10.2. The summed E-state index contributed by atoms with van der Waals surface area (Å²) >= 11 is 0. The van der Waals surface area contributed by atoms with Gasteiger partial charge in [-0.2, -0.15) is 0 Å². The normalized spacial score (nSPS) is 11.7. The summed E-state index contributed by atoms with van der Waals surface area (Å²) in [5.41, 5.74) is 0. The van der Waals surface area contributed by atoms with Crippen LogP contribution in [0.15, 0.2) is 0 Å². The minimum Gasteiger partial charge on any atom is -0.375 e. The number of amides is 2. The van der Waals surface area contributed by atoms with Gasteiger partial charge in [0.05, 0.1) is 0 Å². The fraction of sp³-hybridized carbons (Fsp3) is 0.700. The first-order chi connectivity index (χ1) is 8.01. The molecule has 0 saturated carbocycles. The molecule has 0 aliphatic rings. The number of hydrogen-bond donors (Lipinski definition) is 2. The zero-order valence-corrected chi connectivity index (χ0v) is 10.2. The van der Waals surface area contributed by atoms with Gasteiger partial charge in [-0.3, -0.25) is 14.4 Å². The zero-order chi connectivity index (χ0) is 13.3. The molecule has 2 N–H and O–H groups in total. The lowest BCUT2D eigenvalue weighted by Crippen LogP contribution is -2.49. The summed E-state index contributed by atoms with van der Waals surface area (Å²) in [7, 11) is 2.77. The molecule has 0 aromatic carbocycles. The summed E-state index contributed by atoms with van der Waals surface area (Å²) in [4.78, 5) is 33.5. The van der Waals surface area contributed by atoms with Gasteiger partial charge < -0.3 is 20.1 Å². The van der Waals surface area contributed by atoms with Crippen LogP contribution in [0.2, 0.25) is 0 Å². The quantitative estimate of drug-likeness (QED) is 0.542. The van der Waals surface area contributed by atoms with Crippen LogP contribution in [0.3, 0.4) is 0 Å². The first kappa shape index (κ1) is 15.5. The smallest absolute Gasteiger partial charge is 0.246 e. The molecule has 0 fully saturated rings. The van der Waals surface area contributed by atoms with E-state index in [-0.39, 0.29) is 31.4 Å². The van der Waals surface area contributed by atoms with Gasteiger partial charge in [-0.15, -0.1) is 0 Å². The van der Waals surface area contributed by atoms with Crippen LogP contribution in [0.5, 0.6) is 0 Å². The third-order valence-electron chi connectivity index (χ3n) is 1.88. The summed E-state index contributed by atoms with van der Waals surface area (Å²) in [5, 5.41) is 4.92. The first-order valence-corrected chi connectivity index (χ1v) is 5.05. The fourth-order valence-electron chi connectivity index (χ4n) is 1.06. The van der Waals surface area contributed by atoms with Crippen LogP contribution in [0.1, 0.15) is 6.92 Å². The van der Waals surface area contributed by atoms with Gasteiger partial charge in [-0.1, -0.05) is 0 Å². The van der Waals surface area contributed by atoms with Gasteiger partial charge in [0.15, 0.2) is 5.78 Å². The van der Waals surface area contributed by atoms with Crippen molar-refractivity contribution in [3.8, 4) is 0 Å². The first-order valence-electron chi connectivity index (χ1n) is 5.05. The molecule has 2 amide bonds. The molecule has 17 heavy (non-hydrogen) atoms. The monoisotopic (exact) mass is 246 g/mol. The molecule has 0 spiro atoms. The Labute approximate surface area is 99.8 Å². The van der Waals surface area contributed by atoms with Crippen LogP contribution >= 0.6 is 0 Å². The van der Waals surface area contributed by atoms with Crippen LogP contribution in [-0.2, 0) is 23.9 Å². The Hall–Kier alpha value is -1.47. The molecule has 0 aliphatic heterocycles. The molecule has 0 saturated heterocycles. The van der Waals surface area contributed by atoms with E-state index >= 15 is 0 Å². The van der Waals surface area contributed by atoms with Crippen molar-refractivity contribution < 1.29 is 23.9 Å². The van der Waals surface area contributed by atoms with E-state index in [0.29, 0.717) is 0 Å². The van der Waals surface area contributed by atoms with Gasteiger partial charge in [0.25, 0.3) is 0 Å². The van der Waals surface area contributed by atoms with E-state index in [1.54, 1.807) is 0 Å². The van der Waals surface area contributed by atoms with Crippen molar-refractivity contribution in [1.29, 1.82) is 0 Å². The van der Waals surface area contributed by atoms with Gasteiger partial charge in [-0.25, -0.2) is 0 Å². The molecule has 7 nitrogen and oxygen atoms in total. The predicted octanol–water partition coefficient (Wildman–Crippen LogP) is -1.53. The zero-order valence-electron chi connectivity index (χ0n) is 10.2. The number of carbonyl (C=O) groups is 3. The van der Waals surface area contributed by atoms with Crippen molar-refractivity contribution in [2.45, 2.75) is 13.0 Å². The maximum atomic E-state index is 11.2. The summed E-state index contributed by atoms with van der Waals surface area (Å²) in [6.45, 7) is 1.15. The average molecular weight is 246 g/mol. The van der Waals surface area contributed by atoms with Gasteiger partial charge in [-0.05, 0) is 6.92 Å². The number of carbonyl (C=O) groups excluding carboxylic acids is 3. The number of nitrogens with one attached hydrogen (secondary N) is 2. The summed E-state index contributed by atoms with van der Waals surface area (Å²) in [6, 6.07) is -0.751.